The zero-order valence-electron chi connectivity index (χ0n) is 14.6. The van der Waals surface area contributed by atoms with Gasteiger partial charge < -0.3 is 20.1 Å². The van der Waals surface area contributed by atoms with Gasteiger partial charge in [-0.05, 0) is 36.8 Å². The first-order valence-electron chi connectivity index (χ1n) is 8.01. The van der Waals surface area contributed by atoms with E-state index < -0.39 is 0 Å². The lowest BCUT2D eigenvalue weighted by molar-refractivity contribution is -0.116. The summed E-state index contributed by atoms with van der Waals surface area (Å²) in [5.74, 6) is 1.15. The van der Waals surface area contributed by atoms with Gasteiger partial charge in [0, 0.05) is 30.1 Å². The third-order valence-corrected chi connectivity index (χ3v) is 3.95. The van der Waals surface area contributed by atoms with Crippen molar-refractivity contribution in [1.82, 2.24) is 5.32 Å². The normalized spacial score (nSPS) is 11.7. The number of anilines is 1. The number of hydrogen-bond donors (Lipinski definition) is 2. The Labute approximate surface area is 153 Å². The lowest BCUT2D eigenvalue weighted by atomic mass is 10.1. The van der Waals surface area contributed by atoms with Gasteiger partial charge in [-0.1, -0.05) is 23.7 Å². The first-order valence-corrected chi connectivity index (χ1v) is 8.39. The molecule has 0 aliphatic carbocycles. The third kappa shape index (κ3) is 5.96. The zero-order valence-corrected chi connectivity index (χ0v) is 15.4. The Morgan fingerprint density at radius 1 is 1.16 bits per heavy atom. The smallest absolute Gasteiger partial charge is 0.226 e. The summed E-state index contributed by atoms with van der Waals surface area (Å²) in [6.07, 6.45) is 0.334. The van der Waals surface area contributed by atoms with E-state index in [1.165, 1.54) is 0 Å². The SMILES string of the molecule is COc1ccc(OC)c(NC(=O)CC(C)NCc2cccc(Cl)c2)c1. The van der Waals surface area contributed by atoms with Crippen molar-refractivity contribution < 1.29 is 14.3 Å². The number of carbonyl (C=O) groups is 1. The van der Waals surface area contributed by atoms with Crippen LogP contribution in [-0.4, -0.2) is 26.2 Å². The fourth-order valence-corrected chi connectivity index (χ4v) is 2.62. The van der Waals surface area contributed by atoms with Crippen LogP contribution in [0, 0.1) is 0 Å². The molecule has 2 rings (SSSR count). The Hall–Kier alpha value is -2.24. The lowest BCUT2D eigenvalue weighted by Crippen LogP contribution is -2.30. The molecular formula is C19H23ClN2O3. The Balaban J connectivity index is 1.89. The summed E-state index contributed by atoms with van der Waals surface area (Å²) in [7, 11) is 3.14. The molecule has 134 valence electrons. The van der Waals surface area contributed by atoms with Crippen molar-refractivity contribution in [3.05, 3.63) is 53.1 Å². The number of halogens is 1. The van der Waals surface area contributed by atoms with Crippen LogP contribution in [0.3, 0.4) is 0 Å². The molecule has 1 unspecified atom stereocenters. The maximum Gasteiger partial charge on any atom is 0.226 e. The molecule has 2 aromatic rings. The summed E-state index contributed by atoms with van der Waals surface area (Å²) < 4.78 is 10.5. The van der Waals surface area contributed by atoms with E-state index in [0.717, 1.165) is 5.56 Å². The number of ether oxygens (including phenoxy) is 2. The van der Waals surface area contributed by atoms with E-state index in [-0.39, 0.29) is 11.9 Å². The molecule has 0 bridgehead atoms. The average molecular weight is 363 g/mol. The molecule has 6 heteroatoms. The maximum atomic E-state index is 12.3. The van der Waals surface area contributed by atoms with Crippen LogP contribution in [0.2, 0.25) is 5.02 Å². The van der Waals surface area contributed by atoms with E-state index in [0.29, 0.717) is 35.2 Å². The van der Waals surface area contributed by atoms with E-state index in [2.05, 4.69) is 10.6 Å². The van der Waals surface area contributed by atoms with Crippen LogP contribution in [0.1, 0.15) is 18.9 Å². The molecule has 0 radical (unpaired) electrons. The number of rotatable bonds is 8. The van der Waals surface area contributed by atoms with Crippen molar-refractivity contribution >= 4 is 23.2 Å². The molecule has 2 aromatic carbocycles. The Morgan fingerprint density at radius 2 is 1.96 bits per heavy atom. The zero-order chi connectivity index (χ0) is 18.2. The van der Waals surface area contributed by atoms with Gasteiger partial charge in [0.1, 0.15) is 11.5 Å². The molecular weight excluding hydrogens is 340 g/mol. The number of amides is 1. The van der Waals surface area contributed by atoms with Crippen LogP contribution >= 0.6 is 11.6 Å². The molecule has 0 heterocycles. The fraction of sp³-hybridized carbons (Fsp3) is 0.316. The predicted molar refractivity (Wildman–Crippen MR) is 101 cm³/mol. The second kappa shape index (κ2) is 9.30. The van der Waals surface area contributed by atoms with Crippen molar-refractivity contribution in [3.63, 3.8) is 0 Å². The van der Waals surface area contributed by atoms with E-state index >= 15 is 0 Å². The van der Waals surface area contributed by atoms with E-state index in [4.69, 9.17) is 21.1 Å². The molecule has 1 amide bonds. The summed E-state index contributed by atoms with van der Waals surface area (Å²) in [5, 5.41) is 6.89. The van der Waals surface area contributed by atoms with E-state index in [9.17, 15) is 4.79 Å². The Bertz CT molecular complexity index is 722. The molecule has 0 aliphatic rings. The number of carbonyl (C=O) groups excluding carboxylic acids is 1. The molecule has 0 fully saturated rings. The van der Waals surface area contributed by atoms with E-state index in [1.54, 1.807) is 32.4 Å². The predicted octanol–water partition coefficient (Wildman–Crippen LogP) is 3.86. The number of hydrogen-bond acceptors (Lipinski definition) is 4. The molecule has 2 N–H and O–H groups in total. The minimum absolute atomic E-state index is 0.00980. The lowest BCUT2D eigenvalue weighted by Gasteiger charge is -2.15. The van der Waals surface area contributed by atoms with Crippen LogP contribution in [0.15, 0.2) is 42.5 Å². The molecule has 0 aromatic heterocycles. The monoisotopic (exact) mass is 362 g/mol. The standard InChI is InChI=1S/C19H23ClN2O3/c1-13(21-12-14-5-4-6-15(20)10-14)9-19(23)22-17-11-16(24-2)7-8-18(17)25-3/h4-8,10-11,13,21H,9,12H2,1-3H3,(H,22,23). The van der Waals surface area contributed by atoms with Crippen LogP contribution in [0.4, 0.5) is 5.69 Å². The highest BCUT2D eigenvalue weighted by Gasteiger charge is 2.12. The maximum absolute atomic E-state index is 12.3. The summed E-state index contributed by atoms with van der Waals surface area (Å²) in [6.45, 7) is 2.62. The van der Waals surface area contributed by atoms with Gasteiger partial charge in [0.2, 0.25) is 5.91 Å². The van der Waals surface area contributed by atoms with Gasteiger partial charge in [-0.25, -0.2) is 0 Å². The highest BCUT2D eigenvalue weighted by molar-refractivity contribution is 6.30. The van der Waals surface area contributed by atoms with Crippen molar-refractivity contribution in [2.75, 3.05) is 19.5 Å². The second-order valence-electron chi connectivity index (χ2n) is 5.73. The molecule has 0 aliphatic heterocycles. The summed E-state index contributed by atoms with van der Waals surface area (Å²) in [5.41, 5.74) is 1.67. The van der Waals surface area contributed by atoms with Crippen LogP contribution < -0.4 is 20.1 Å². The van der Waals surface area contributed by atoms with Gasteiger partial charge >= 0.3 is 0 Å². The molecule has 0 saturated heterocycles. The van der Waals surface area contributed by atoms with Gasteiger partial charge in [0.05, 0.1) is 19.9 Å². The van der Waals surface area contributed by atoms with Crippen molar-refractivity contribution in [2.45, 2.75) is 25.9 Å². The van der Waals surface area contributed by atoms with Crippen molar-refractivity contribution in [2.24, 2.45) is 0 Å². The minimum atomic E-state index is -0.0994. The van der Waals surface area contributed by atoms with Crippen LogP contribution in [0.5, 0.6) is 11.5 Å². The largest absolute Gasteiger partial charge is 0.497 e. The summed E-state index contributed by atoms with van der Waals surface area (Å²) in [4.78, 5) is 12.3. The third-order valence-electron chi connectivity index (χ3n) is 3.72. The van der Waals surface area contributed by atoms with Gasteiger partial charge in [-0.3, -0.25) is 4.79 Å². The minimum Gasteiger partial charge on any atom is -0.497 e. The Morgan fingerprint density at radius 3 is 2.64 bits per heavy atom. The molecule has 0 spiro atoms. The second-order valence-corrected chi connectivity index (χ2v) is 6.17. The first kappa shape index (κ1) is 19.1. The van der Waals surface area contributed by atoms with E-state index in [1.807, 2.05) is 31.2 Å². The summed E-state index contributed by atoms with van der Waals surface area (Å²) >= 11 is 5.97. The van der Waals surface area contributed by atoms with Crippen LogP contribution in [-0.2, 0) is 11.3 Å². The molecule has 1 atom stereocenters. The Kier molecular flexibility index (Phi) is 7.10. The number of nitrogens with one attached hydrogen (secondary N) is 2. The quantitative estimate of drug-likeness (QED) is 0.748. The van der Waals surface area contributed by atoms with Crippen molar-refractivity contribution in [3.8, 4) is 11.5 Å². The van der Waals surface area contributed by atoms with Gasteiger partial charge in [-0.15, -0.1) is 0 Å². The molecule has 25 heavy (non-hydrogen) atoms. The highest BCUT2D eigenvalue weighted by Crippen LogP contribution is 2.29. The topological polar surface area (TPSA) is 59.6 Å². The number of benzene rings is 2. The summed E-state index contributed by atoms with van der Waals surface area (Å²) in [6, 6.07) is 12.9. The van der Waals surface area contributed by atoms with Gasteiger partial charge in [-0.2, -0.15) is 0 Å². The van der Waals surface area contributed by atoms with Gasteiger partial charge in [0.25, 0.3) is 0 Å². The fourth-order valence-electron chi connectivity index (χ4n) is 2.40. The highest BCUT2D eigenvalue weighted by atomic mass is 35.5. The molecule has 5 nitrogen and oxygen atoms in total. The molecule has 0 saturated carbocycles. The average Bonchev–Trinajstić information content (AvgIpc) is 2.60. The number of methoxy groups -OCH3 is 2. The van der Waals surface area contributed by atoms with Crippen molar-refractivity contribution in [1.29, 1.82) is 0 Å². The van der Waals surface area contributed by atoms with Crippen LogP contribution in [0.25, 0.3) is 0 Å². The first-order chi connectivity index (χ1) is 12.0. The van der Waals surface area contributed by atoms with Gasteiger partial charge in [0.15, 0.2) is 0 Å².